The Morgan fingerprint density at radius 2 is 2.29 bits per heavy atom. The van der Waals surface area contributed by atoms with Crippen LogP contribution >= 0.6 is 0 Å². The molecule has 0 atom stereocenters. The minimum atomic E-state index is 0.601. The third-order valence-electron chi connectivity index (χ3n) is 2.46. The van der Waals surface area contributed by atoms with Crippen LogP contribution in [0.5, 0.6) is 0 Å². The zero-order valence-corrected chi connectivity index (χ0v) is 7.96. The first-order valence-corrected chi connectivity index (χ1v) is 4.41. The summed E-state index contributed by atoms with van der Waals surface area (Å²) in [5.41, 5.74) is 3.88. The highest BCUT2D eigenvalue weighted by atomic mass is 14.7. The Kier molecular flexibility index (Phi) is 1.86. The maximum Gasteiger partial charge on any atom is 0.118 e. The predicted molar refractivity (Wildman–Crippen MR) is 57.8 cm³/mol. The van der Waals surface area contributed by atoms with Gasteiger partial charge >= 0.3 is 0 Å². The molecule has 0 aliphatic rings. The van der Waals surface area contributed by atoms with Crippen LogP contribution in [-0.4, -0.2) is 4.98 Å². The van der Waals surface area contributed by atoms with Gasteiger partial charge in [-0.05, 0) is 30.2 Å². The molecule has 2 rings (SSSR count). The highest BCUT2D eigenvalue weighted by Gasteiger charge is 2.04. The zero-order valence-electron chi connectivity index (χ0n) is 7.96. The van der Waals surface area contributed by atoms with Gasteiger partial charge in [0.25, 0.3) is 0 Å². The van der Waals surface area contributed by atoms with Crippen LogP contribution in [0.25, 0.3) is 17.0 Å². The van der Waals surface area contributed by atoms with Crippen molar-refractivity contribution < 1.29 is 0 Å². The SMILES string of the molecule is C=Cc1ccc2[nH]c(C#N)cc2c1C. The molecule has 0 spiro atoms. The molecule has 2 nitrogen and oxygen atoms in total. The Balaban J connectivity index is 2.83. The van der Waals surface area contributed by atoms with Crippen molar-refractivity contribution in [1.29, 1.82) is 5.26 Å². The highest BCUT2D eigenvalue weighted by Crippen LogP contribution is 2.23. The number of aryl methyl sites for hydroxylation is 1. The van der Waals surface area contributed by atoms with Crippen LogP contribution in [0.2, 0.25) is 0 Å². The lowest BCUT2D eigenvalue weighted by atomic mass is 10.0. The number of nitriles is 1. The number of rotatable bonds is 1. The van der Waals surface area contributed by atoms with Gasteiger partial charge in [-0.3, -0.25) is 0 Å². The summed E-state index contributed by atoms with van der Waals surface area (Å²) in [6.45, 7) is 5.79. The van der Waals surface area contributed by atoms with Crippen LogP contribution in [0.3, 0.4) is 0 Å². The summed E-state index contributed by atoms with van der Waals surface area (Å²) >= 11 is 0. The maximum absolute atomic E-state index is 8.75. The second-order valence-corrected chi connectivity index (χ2v) is 3.24. The van der Waals surface area contributed by atoms with Gasteiger partial charge in [-0.2, -0.15) is 5.26 Å². The number of aromatic amines is 1. The van der Waals surface area contributed by atoms with Crippen molar-refractivity contribution in [3.8, 4) is 6.07 Å². The van der Waals surface area contributed by atoms with Crippen molar-refractivity contribution in [2.45, 2.75) is 6.92 Å². The third-order valence-corrected chi connectivity index (χ3v) is 2.46. The Morgan fingerprint density at radius 1 is 1.50 bits per heavy atom. The number of benzene rings is 1. The summed E-state index contributed by atoms with van der Waals surface area (Å²) in [6, 6.07) is 7.95. The Morgan fingerprint density at radius 3 is 2.93 bits per heavy atom. The molecular formula is C12H10N2. The van der Waals surface area contributed by atoms with E-state index in [9.17, 15) is 0 Å². The molecule has 14 heavy (non-hydrogen) atoms. The molecule has 1 aromatic heterocycles. The summed E-state index contributed by atoms with van der Waals surface area (Å²) in [7, 11) is 0. The Hall–Kier alpha value is -2.01. The highest BCUT2D eigenvalue weighted by molar-refractivity contribution is 5.87. The normalized spacial score (nSPS) is 10.0. The molecule has 1 N–H and O–H groups in total. The number of hydrogen-bond acceptors (Lipinski definition) is 1. The molecule has 0 aliphatic carbocycles. The van der Waals surface area contributed by atoms with E-state index < -0.39 is 0 Å². The molecule has 1 aromatic carbocycles. The van der Waals surface area contributed by atoms with Gasteiger partial charge in [0, 0.05) is 10.9 Å². The molecule has 0 radical (unpaired) electrons. The number of H-pyrrole nitrogens is 1. The molecule has 1 heterocycles. The average molecular weight is 182 g/mol. The quantitative estimate of drug-likeness (QED) is 0.723. The molecule has 2 heteroatoms. The van der Waals surface area contributed by atoms with Crippen molar-refractivity contribution in [3.63, 3.8) is 0 Å². The van der Waals surface area contributed by atoms with Crippen molar-refractivity contribution in [3.05, 3.63) is 41.6 Å². The largest absolute Gasteiger partial charge is 0.346 e. The summed E-state index contributed by atoms with van der Waals surface area (Å²) in [5, 5.41) is 9.85. The van der Waals surface area contributed by atoms with E-state index in [0.29, 0.717) is 5.69 Å². The first kappa shape index (κ1) is 8.58. The first-order chi connectivity index (χ1) is 6.76. The minimum Gasteiger partial charge on any atom is -0.346 e. The summed E-state index contributed by atoms with van der Waals surface area (Å²) < 4.78 is 0. The standard InChI is InChI=1S/C12H10N2/c1-3-9-4-5-12-11(8(9)2)6-10(7-13)14-12/h3-6,14H,1H2,2H3. The number of nitrogens with one attached hydrogen (secondary N) is 1. The molecule has 68 valence electrons. The van der Waals surface area contributed by atoms with Crippen molar-refractivity contribution in [2.75, 3.05) is 0 Å². The van der Waals surface area contributed by atoms with Gasteiger partial charge in [0.1, 0.15) is 11.8 Å². The van der Waals surface area contributed by atoms with E-state index in [1.807, 2.05) is 31.2 Å². The van der Waals surface area contributed by atoms with Crippen LogP contribution in [0.15, 0.2) is 24.8 Å². The van der Waals surface area contributed by atoms with Gasteiger partial charge < -0.3 is 4.98 Å². The molecule has 0 amide bonds. The van der Waals surface area contributed by atoms with E-state index in [0.717, 1.165) is 22.0 Å². The lowest BCUT2D eigenvalue weighted by Crippen LogP contribution is -1.80. The number of hydrogen-bond donors (Lipinski definition) is 1. The number of nitrogens with zero attached hydrogens (tertiary/aromatic N) is 1. The van der Waals surface area contributed by atoms with Gasteiger partial charge in [0.2, 0.25) is 0 Å². The van der Waals surface area contributed by atoms with Crippen LogP contribution in [0, 0.1) is 18.3 Å². The van der Waals surface area contributed by atoms with E-state index in [1.165, 1.54) is 0 Å². The van der Waals surface area contributed by atoms with E-state index >= 15 is 0 Å². The predicted octanol–water partition coefficient (Wildman–Crippen LogP) is 2.99. The topological polar surface area (TPSA) is 39.6 Å². The summed E-state index contributed by atoms with van der Waals surface area (Å²) in [6.07, 6.45) is 1.83. The monoisotopic (exact) mass is 182 g/mol. The molecule has 0 fully saturated rings. The lowest BCUT2D eigenvalue weighted by Gasteiger charge is -2.00. The second kappa shape index (κ2) is 3.04. The molecular weight excluding hydrogens is 172 g/mol. The molecule has 0 unspecified atom stereocenters. The molecule has 0 saturated heterocycles. The van der Waals surface area contributed by atoms with Crippen molar-refractivity contribution in [2.24, 2.45) is 0 Å². The van der Waals surface area contributed by atoms with Crippen LogP contribution in [0.1, 0.15) is 16.8 Å². The van der Waals surface area contributed by atoms with E-state index in [-0.39, 0.29) is 0 Å². The van der Waals surface area contributed by atoms with E-state index in [4.69, 9.17) is 5.26 Å². The zero-order chi connectivity index (χ0) is 10.1. The Labute approximate surface area is 82.5 Å². The van der Waals surface area contributed by atoms with Gasteiger partial charge in [0.05, 0.1) is 0 Å². The van der Waals surface area contributed by atoms with Gasteiger partial charge in [-0.1, -0.05) is 18.7 Å². The van der Waals surface area contributed by atoms with Gasteiger partial charge in [-0.25, -0.2) is 0 Å². The molecule has 0 saturated carbocycles. The molecule has 0 aliphatic heterocycles. The first-order valence-electron chi connectivity index (χ1n) is 4.41. The Bertz CT molecular complexity index is 541. The average Bonchev–Trinajstić information content (AvgIpc) is 2.62. The second-order valence-electron chi connectivity index (χ2n) is 3.24. The van der Waals surface area contributed by atoms with Gasteiger partial charge in [-0.15, -0.1) is 0 Å². The maximum atomic E-state index is 8.75. The van der Waals surface area contributed by atoms with E-state index in [2.05, 4.69) is 17.6 Å². The van der Waals surface area contributed by atoms with Crippen LogP contribution < -0.4 is 0 Å². The fourth-order valence-corrected chi connectivity index (χ4v) is 1.65. The summed E-state index contributed by atoms with van der Waals surface area (Å²) in [4.78, 5) is 3.04. The fraction of sp³-hybridized carbons (Fsp3) is 0.0833. The van der Waals surface area contributed by atoms with E-state index in [1.54, 1.807) is 0 Å². The lowest BCUT2D eigenvalue weighted by molar-refractivity contribution is 1.37. The molecule has 0 bridgehead atoms. The van der Waals surface area contributed by atoms with Crippen molar-refractivity contribution in [1.82, 2.24) is 4.98 Å². The number of aromatic nitrogens is 1. The fourth-order valence-electron chi connectivity index (χ4n) is 1.65. The molecule has 2 aromatic rings. The third kappa shape index (κ3) is 1.11. The number of fused-ring (bicyclic) bond motifs is 1. The smallest absolute Gasteiger partial charge is 0.118 e. The summed E-state index contributed by atoms with van der Waals surface area (Å²) in [5.74, 6) is 0. The van der Waals surface area contributed by atoms with Crippen LogP contribution in [-0.2, 0) is 0 Å². The van der Waals surface area contributed by atoms with Crippen molar-refractivity contribution >= 4 is 17.0 Å². The van der Waals surface area contributed by atoms with Gasteiger partial charge in [0.15, 0.2) is 0 Å². The minimum absolute atomic E-state index is 0.601. The van der Waals surface area contributed by atoms with Crippen LogP contribution in [0.4, 0.5) is 0 Å².